The number of aryl methyl sites for hydroxylation is 2. The summed E-state index contributed by atoms with van der Waals surface area (Å²) >= 11 is 6.40. The third-order valence-electron chi connectivity index (χ3n) is 7.90. The summed E-state index contributed by atoms with van der Waals surface area (Å²) in [6.45, 7) is 4.09. The average Bonchev–Trinajstić information content (AvgIpc) is 3.48. The number of hydrogen-bond acceptors (Lipinski definition) is 6. The number of fused-ring (bicyclic) bond motifs is 7. The van der Waals surface area contributed by atoms with Gasteiger partial charge >= 0.3 is 0 Å². The molecule has 3 amide bonds. The molecule has 2 aromatic carbocycles. The Morgan fingerprint density at radius 3 is 2.59 bits per heavy atom. The van der Waals surface area contributed by atoms with Crippen molar-refractivity contribution < 1.29 is 19.3 Å². The maximum absolute atomic E-state index is 14.0. The Morgan fingerprint density at radius 1 is 1.12 bits per heavy atom. The number of nitro groups is 1. The Kier molecular flexibility index (Phi) is 4.29. The minimum absolute atomic E-state index is 0.117. The van der Waals surface area contributed by atoms with E-state index in [4.69, 9.17) is 11.6 Å². The third kappa shape index (κ3) is 2.40. The first-order chi connectivity index (χ1) is 16.2. The second-order valence-electron chi connectivity index (χ2n) is 9.51. The molecule has 0 radical (unpaired) electrons. The van der Waals surface area contributed by atoms with E-state index in [1.807, 2.05) is 11.8 Å². The molecule has 6 rings (SSSR count). The van der Waals surface area contributed by atoms with E-state index in [1.165, 1.54) is 18.2 Å². The van der Waals surface area contributed by atoms with Gasteiger partial charge < -0.3 is 5.32 Å². The van der Waals surface area contributed by atoms with E-state index in [0.29, 0.717) is 40.5 Å². The van der Waals surface area contributed by atoms with Crippen LogP contribution in [0.4, 0.5) is 17.1 Å². The maximum Gasteiger partial charge on any atom is 0.269 e. The fourth-order valence-corrected chi connectivity index (χ4v) is 6.95. The Labute approximate surface area is 199 Å². The summed E-state index contributed by atoms with van der Waals surface area (Å²) in [6, 6.07) is 7.32. The topological polar surface area (TPSA) is 113 Å². The van der Waals surface area contributed by atoms with Crippen molar-refractivity contribution in [2.24, 2.45) is 11.8 Å². The fourth-order valence-electron chi connectivity index (χ4n) is 6.68. The van der Waals surface area contributed by atoms with Crippen LogP contribution in [0.1, 0.15) is 29.5 Å². The SMILES string of the molecule is Cc1cc([N+](=O)[O-])ccc1N1C(=O)[C@@H]2[C@@H]3CCCN3[C@@]3(C(=O)Nc4c(C)cc(Cl)cc43)[C@H]2C1=O. The number of nitrogens with one attached hydrogen (secondary N) is 1. The Bertz CT molecular complexity index is 1340. The second kappa shape index (κ2) is 6.86. The molecule has 0 aliphatic carbocycles. The van der Waals surface area contributed by atoms with Gasteiger partial charge in [-0.1, -0.05) is 11.6 Å². The van der Waals surface area contributed by atoms with Crippen molar-refractivity contribution in [3.05, 3.63) is 62.2 Å². The van der Waals surface area contributed by atoms with Crippen molar-refractivity contribution in [1.82, 2.24) is 4.90 Å². The number of nitrogens with zero attached hydrogens (tertiary/aromatic N) is 3. The minimum Gasteiger partial charge on any atom is -0.324 e. The fraction of sp³-hybridized carbons (Fsp3) is 0.375. The largest absolute Gasteiger partial charge is 0.324 e. The zero-order valence-electron chi connectivity index (χ0n) is 18.5. The Morgan fingerprint density at radius 2 is 1.88 bits per heavy atom. The summed E-state index contributed by atoms with van der Waals surface area (Å²) in [5, 5.41) is 14.6. The van der Waals surface area contributed by atoms with Crippen LogP contribution in [-0.2, 0) is 19.9 Å². The van der Waals surface area contributed by atoms with E-state index >= 15 is 0 Å². The van der Waals surface area contributed by atoms with Crippen molar-refractivity contribution in [3.63, 3.8) is 0 Å². The second-order valence-corrected chi connectivity index (χ2v) is 9.95. The van der Waals surface area contributed by atoms with Crippen molar-refractivity contribution in [3.8, 4) is 0 Å². The Hall–Kier alpha value is -3.30. The minimum atomic E-state index is -1.31. The van der Waals surface area contributed by atoms with Gasteiger partial charge in [0.1, 0.15) is 5.54 Å². The van der Waals surface area contributed by atoms with Gasteiger partial charge in [-0.15, -0.1) is 0 Å². The zero-order valence-corrected chi connectivity index (χ0v) is 19.3. The molecule has 4 aliphatic heterocycles. The summed E-state index contributed by atoms with van der Waals surface area (Å²) in [6.07, 6.45) is 1.52. The first-order valence-corrected chi connectivity index (χ1v) is 11.6. The van der Waals surface area contributed by atoms with Gasteiger partial charge in [-0.2, -0.15) is 0 Å². The molecule has 3 saturated heterocycles. The standard InChI is InChI=1S/C24H21ClN4O5/c1-11-9-14(29(33)34)5-6-16(11)28-21(30)18-17-4-3-7-27(17)24(19(18)22(28)31)15-10-13(25)8-12(2)20(15)26-23(24)32/h5-6,8-10,17-19H,3-4,7H2,1-2H3,(H,26,32)/t17-,18+,19+,24+/m0/s1. The van der Waals surface area contributed by atoms with Crippen molar-refractivity contribution in [2.45, 2.75) is 38.3 Å². The van der Waals surface area contributed by atoms with Gasteiger partial charge in [-0.05, 0) is 62.6 Å². The number of halogens is 1. The van der Waals surface area contributed by atoms with Crippen LogP contribution in [0.3, 0.4) is 0 Å². The smallest absolute Gasteiger partial charge is 0.269 e. The number of benzene rings is 2. The van der Waals surface area contributed by atoms with Gasteiger partial charge in [0.2, 0.25) is 17.7 Å². The van der Waals surface area contributed by atoms with Crippen LogP contribution in [0.15, 0.2) is 30.3 Å². The highest BCUT2D eigenvalue weighted by Crippen LogP contribution is 2.61. The van der Waals surface area contributed by atoms with E-state index in [0.717, 1.165) is 16.9 Å². The van der Waals surface area contributed by atoms with Crippen LogP contribution in [0.5, 0.6) is 0 Å². The molecular formula is C24H21ClN4O5. The van der Waals surface area contributed by atoms with Gasteiger partial charge in [-0.25, -0.2) is 4.90 Å². The predicted octanol–water partition coefficient (Wildman–Crippen LogP) is 3.30. The van der Waals surface area contributed by atoms with E-state index in [2.05, 4.69) is 5.32 Å². The molecule has 1 N–H and O–H groups in total. The van der Waals surface area contributed by atoms with Crippen molar-refractivity contribution in [1.29, 1.82) is 0 Å². The summed E-state index contributed by atoms with van der Waals surface area (Å²) in [5.41, 5.74) is 1.42. The molecule has 0 unspecified atom stereocenters. The van der Waals surface area contributed by atoms with Crippen LogP contribution in [-0.4, -0.2) is 40.1 Å². The first-order valence-electron chi connectivity index (χ1n) is 11.2. The monoisotopic (exact) mass is 480 g/mol. The zero-order chi connectivity index (χ0) is 24.1. The number of non-ortho nitro benzene ring substituents is 1. The van der Waals surface area contributed by atoms with Crippen LogP contribution >= 0.6 is 11.6 Å². The number of anilines is 2. The van der Waals surface area contributed by atoms with Crippen LogP contribution in [0.2, 0.25) is 5.02 Å². The summed E-state index contributed by atoms with van der Waals surface area (Å²) in [7, 11) is 0. The molecular weight excluding hydrogens is 460 g/mol. The molecule has 34 heavy (non-hydrogen) atoms. The van der Waals surface area contributed by atoms with Crippen LogP contribution < -0.4 is 10.2 Å². The number of amides is 3. The van der Waals surface area contributed by atoms with Gasteiger partial charge in [0.25, 0.3) is 5.69 Å². The lowest BCUT2D eigenvalue weighted by Gasteiger charge is -2.36. The highest BCUT2D eigenvalue weighted by atomic mass is 35.5. The molecule has 0 aromatic heterocycles. The molecule has 174 valence electrons. The maximum atomic E-state index is 14.0. The number of nitro benzene ring substituents is 1. The van der Waals surface area contributed by atoms with Crippen molar-refractivity contribution in [2.75, 3.05) is 16.8 Å². The lowest BCUT2D eigenvalue weighted by molar-refractivity contribution is -0.384. The molecule has 1 spiro atoms. The lowest BCUT2D eigenvalue weighted by Crippen LogP contribution is -2.54. The number of carbonyl (C=O) groups is 3. The number of imide groups is 1. The Balaban J connectivity index is 1.54. The van der Waals surface area contributed by atoms with E-state index in [9.17, 15) is 24.5 Å². The molecule has 4 aliphatic rings. The molecule has 0 bridgehead atoms. The molecule has 10 heteroatoms. The van der Waals surface area contributed by atoms with Gasteiger partial charge in [0, 0.05) is 34.4 Å². The van der Waals surface area contributed by atoms with Gasteiger partial charge in [-0.3, -0.25) is 29.4 Å². The van der Waals surface area contributed by atoms with E-state index in [1.54, 1.807) is 19.1 Å². The van der Waals surface area contributed by atoms with E-state index < -0.39 is 28.2 Å². The summed E-state index contributed by atoms with van der Waals surface area (Å²) in [4.78, 5) is 55.4. The molecule has 4 atom stereocenters. The molecule has 9 nitrogen and oxygen atoms in total. The highest BCUT2D eigenvalue weighted by Gasteiger charge is 2.74. The normalized spacial score (nSPS) is 29.6. The quantitative estimate of drug-likeness (QED) is 0.401. The first kappa shape index (κ1) is 21.2. The number of hydrogen-bond donors (Lipinski definition) is 1. The van der Waals surface area contributed by atoms with Gasteiger partial charge in [0.15, 0.2) is 0 Å². The predicted molar refractivity (Wildman–Crippen MR) is 124 cm³/mol. The average molecular weight is 481 g/mol. The lowest BCUT2D eigenvalue weighted by atomic mass is 9.75. The highest BCUT2D eigenvalue weighted by molar-refractivity contribution is 6.31. The molecule has 3 fully saturated rings. The molecule has 2 aromatic rings. The van der Waals surface area contributed by atoms with Crippen molar-refractivity contribution >= 4 is 46.4 Å². The van der Waals surface area contributed by atoms with E-state index in [-0.39, 0.29) is 23.5 Å². The molecule has 0 saturated carbocycles. The van der Waals surface area contributed by atoms with Gasteiger partial charge in [0.05, 0.1) is 22.4 Å². The third-order valence-corrected chi connectivity index (χ3v) is 8.11. The number of carbonyl (C=O) groups excluding carboxylic acids is 3. The van der Waals surface area contributed by atoms with Crippen LogP contribution in [0, 0.1) is 35.8 Å². The summed E-state index contributed by atoms with van der Waals surface area (Å²) in [5.74, 6) is -2.71. The number of rotatable bonds is 2. The van der Waals surface area contributed by atoms with Crippen LogP contribution in [0.25, 0.3) is 0 Å². The summed E-state index contributed by atoms with van der Waals surface area (Å²) < 4.78 is 0. The molecule has 4 heterocycles.